The minimum absolute atomic E-state index is 0.298. The van der Waals surface area contributed by atoms with Gasteiger partial charge in [0.25, 0.3) is 5.91 Å². The quantitative estimate of drug-likeness (QED) is 0.619. The molecule has 1 heterocycles. The first-order chi connectivity index (χ1) is 9.27. The molecule has 3 rings (SSSR count). The number of para-hydroxylation sites is 1. The van der Waals surface area contributed by atoms with Crippen LogP contribution in [0, 0.1) is 0 Å². The Labute approximate surface area is 111 Å². The highest BCUT2D eigenvalue weighted by Crippen LogP contribution is 2.27. The molecule has 2 aromatic carbocycles. The zero-order valence-electron chi connectivity index (χ0n) is 10.3. The van der Waals surface area contributed by atoms with Crippen LogP contribution in [0.2, 0.25) is 0 Å². The van der Waals surface area contributed by atoms with E-state index in [0.29, 0.717) is 6.42 Å². The lowest BCUT2D eigenvalue weighted by molar-refractivity contribution is -0.143. The van der Waals surface area contributed by atoms with Crippen LogP contribution in [0.1, 0.15) is 5.56 Å². The summed E-state index contributed by atoms with van der Waals surface area (Å²) in [6.07, 6.45) is 0.570. The molecule has 1 aliphatic heterocycles. The summed E-state index contributed by atoms with van der Waals surface area (Å²) in [7, 11) is 0. The molecule has 0 N–H and O–H groups in total. The number of rotatable bonds is 3. The van der Waals surface area contributed by atoms with Crippen molar-refractivity contribution in [1.29, 1.82) is 0 Å². The van der Waals surface area contributed by atoms with Gasteiger partial charge < -0.3 is 0 Å². The zero-order chi connectivity index (χ0) is 13.2. The Bertz CT molecular complexity index is 607. The first kappa shape index (κ1) is 11.7. The summed E-state index contributed by atoms with van der Waals surface area (Å²) in [5.74, 6) is -0.708. The summed E-state index contributed by atoms with van der Waals surface area (Å²) in [6.45, 7) is 0. The Morgan fingerprint density at radius 2 is 1.42 bits per heavy atom. The molecular weight excluding hydrogens is 238 g/mol. The van der Waals surface area contributed by atoms with Crippen LogP contribution in [0.3, 0.4) is 0 Å². The van der Waals surface area contributed by atoms with Crippen molar-refractivity contribution in [3.8, 4) is 0 Å². The fourth-order valence-electron chi connectivity index (χ4n) is 2.36. The van der Waals surface area contributed by atoms with Gasteiger partial charge in [0.2, 0.25) is 5.78 Å². The Hall–Kier alpha value is -2.42. The second kappa shape index (κ2) is 4.69. The summed E-state index contributed by atoms with van der Waals surface area (Å²) < 4.78 is 0. The highest BCUT2D eigenvalue weighted by molar-refractivity contribution is 6.51. The van der Waals surface area contributed by atoms with Crippen molar-refractivity contribution in [2.75, 3.05) is 4.90 Å². The van der Waals surface area contributed by atoms with Crippen LogP contribution in [0.25, 0.3) is 0 Å². The molecule has 0 aliphatic carbocycles. The van der Waals surface area contributed by atoms with Crippen LogP contribution in [0.15, 0.2) is 60.7 Å². The number of benzene rings is 2. The molecule has 2 aromatic rings. The lowest BCUT2D eigenvalue weighted by Gasteiger charge is -2.38. The summed E-state index contributed by atoms with van der Waals surface area (Å²) >= 11 is 0. The first-order valence-corrected chi connectivity index (χ1v) is 6.24. The highest BCUT2D eigenvalue weighted by Gasteiger charge is 2.46. The first-order valence-electron chi connectivity index (χ1n) is 6.24. The number of carbonyl (C=O) groups is 2. The molecule has 3 heteroatoms. The van der Waals surface area contributed by atoms with Gasteiger partial charge in [0.1, 0.15) is 6.04 Å². The van der Waals surface area contributed by atoms with Gasteiger partial charge in [-0.25, -0.2) is 0 Å². The second-order valence-corrected chi connectivity index (χ2v) is 4.58. The minimum Gasteiger partial charge on any atom is -0.294 e. The third-order valence-corrected chi connectivity index (χ3v) is 3.35. The molecule has 1 fully saturated rings. The van der Waals surface area contributed by atoms with E-state index in [0.717, 1.165) is 11.3 Å². The molecule has 0 saturated carbocycles. The number of Topliss-reactive ketones (excluding diaryl/α,β-unsaturated/α-hetero) is 1. The molecule has 0 spiro atoms. The van der Waals surface area contributed by atoms with Gasteiger partial charge in [-0.05, 0) is 17.7 Å². The number of ketones is 1. The molecule has 0 aromatic heterocycles. The number of amides is 1. The molecule has 1 aliphatic rings. The van der Waals surface area contributed by atoms with Gasteiger partial charge in [-0.3, -0.25) is 14.5 Å². The Kier molecular flexibility index (Phi) is 2.88. The SMILES string of the molecule is O=C1C(=O)N(c2ccccc2)C1Cc1ccccc1. The van der Waals surface area contributed by atoms with Gasteiger partial charge in [-0.1, -0.05) is 48.5 Å². The van der Waals surface area contributed by atoms with Gasteiger partial charge in [0, 0.05) is 12.1 Å². The predicted octanol–water partition coefficient (Wildman–Crippen LogP) is 2.21. The number of hydrogen-bond donors (Lipinski definition) is 0. The highest BCUT2D eigenvalue weighted by atomic mass is 16.2. The van der Waals surface area contributed by atoms with Crippen LogP contribution in [-0.2, 0) is 16.0 Å². The number of β-lactam (4-membered cyclic amide) rings is 1. The summed E-state index contributed by atoms with van der Waals surface area (Å²) in [4.78, 5) is 25.1. The molecule has 1 unspecified atom stereocenters. The average Bonchev–Trinajstić information content (AvgIpc) is 2.48. The van der Waals surface area contributed by atoms with Gasteiger partial charge in [-0.2, -0.15) is 0 Å². The smallest absolute Gasteiger partial charge is 0.294 e. The maximum atomic E-state index is 11.8. The third-order valence-electron chi connectivity index (χ3n) is 3.35. The maximum Gasteiger partial charge on any atom is 0.297 e. The van der Waals surface area contributed by atoms with Gasteiger partial charge in [0.15, 0.2) is 0 Å². The van der Waals surface area contributed by atoms with Crippen molar-refractivity contribution in [3.05, 3.63) is 66.2 Å². The molecule has 1 amide bonds. The number of carbonyl (C=O) groups excluding carboxylic acids is 2. The number of hydrogen-bond acceptors (Lipinski definition) is 2. The molecule has 1 saturated heterocycles. The van der Waals surface area contributed by atoms with E-state index in [1.54, 1.807) is 4.90 Å². The van der Waals surface area contributed by atoms with E-state index in [2.05, 4.69) is 0 Å². The van der Waals surface area contributed by atoms with Crippen molar-refractivity contribution in [1.82, 2.24) is 0 Å². The molecule has 3 nitrogen and oxygen atoms in total. The van der Waals surface area contributed by atoms with E-state index in [-0.39, 0.29) is 11.8 Å². The van der Waals surface area contributed by atoms with E-state index in [9.17, 15) is 9.59 Å². The van der Waals surface area contributed by atoms with Gasteiger partial charge in [-0.15, -0.1) is 0 Å². The normalized spacial score (nSPS) is 18.3. The number of anilines is 1. The summed E-state index contributed by atoms with van der Waals surface area (Å²) in [5.41, 5.74) is 1.85. The Morgan fingerprint density at radius 3 is 2.05 bits per heavy atom. The van der Waals surface area contributed by atoms with Crippen molar-refractivity contribution >= 4 is 17.4 Å². The zero-order valence-corrected chi connectivity index (χ0v) is 10.3. The maximum absolute atomic E-state index is 11.8. The Morgan fingerprint density at radius 1 is 0.842 bits per heavy atom. The largest absolute Gasteiger partial charge is 0.297 e. The second-order valence-electron chi connectivity index (χ2n) is 4.58. The standard InChI is InChI=1S/C16H13NO2/c18-15-14(11-12-7-3-1-4-8-12)17(16(15)19)13-9-5-2-6-10-13/h1-10,14H,11H2. The lowest BCUT2D eigenvalue weighted by Crippen LogP contribution is -2.63. The number of nitrogens with zero attached hydrogens (tertiary/aromatic N) is 1. The van der Waals surface area contributed by atoms with E-state index >= 15 is 0 Å². The predicted molar refractivity (Wildman–Crippen MR) is 72.9 cm³/mol. The molecular formula is C16H13NO2. The topological polar surface area (TPSA) is 37.4 Å². The van der Waals surface area contributed by atoms with Crippen LogP contribution in [0.4, 0.5) is 5.69 Å². The minimum atomic E-state index is -0.410. The van der Waals surface area contributed by atoms with Crippen LogP contribution in [0.5, 0.6) is 0 Å². The van der Waals surface area contributed by atoms with E-state index < -0.39 is 5.91 Å². The molecule has 94 valence electrons. The van der Waals surface area contributed by atoms with Gasteiger partial charge in [0.05, 0.1) is 0 Å². The average molecular weight is 251 g/mol. The molecule has 1 atom stereocenters. The summed E-state index contributed by atoms with van der Waals surface area (Å²) in [5, 5.41) is 0. The fraction of sp³-hybridized carbons (Fsp3) is 0.125. The fourth-order valence-corrected chi connectivity index (χ4v) is 2.36. The third kappa shape index (κ3) is 2.03. The molecule has 19 heavy (non-hydrogen) atoms. The Balaban J connectivity index is 1.84. The monoisotopic (exact) mass is 251 g/mol. The summed E-state index contributed by atoms with van der Waals surface area (Å²) in [6, 6.07) is 18.7. The molecule has 0 radical (unpaired) electrons. The van der Waals surface area contributed by atoms with Crippen LogP contribution < -0.4 is 4.90 Å². The van der Waals surface area contributed by atoms with Crippen molar-refractivity contribution in [3.63, 3.8) is 0 Å². The van der Waals surface area contributed by atoms with E-state index in [4.69, 9.17) is 0 Å². The van der Waals surface area contributed by atoms with E-state index in [1.807, 2.05) is 60.7 Å². The van der Waals surface area contributed by atoms with Crippen molar-refractivity contribution in [2.24, 2.45) is 0 Å². The lowest BCUT2D eigenvalue weighted by atomic mass is 9.92. The molecule has 0 bridgehead atoms. The van der Waals surface area contributed by atoms with Crippen molar-refractivity contribution in [2.45, 2.75) is 12.5 Å². The van der Waals surface area contributed by atoms with Crippen molar-refractivity contribution < 1.29 is 9.59 Å². The van der Waals surface area contributed by atoms with E-state index in [1.165, 1.54) is 0 Å². The van der Waals surface area contributed by atoms with Crippen LogP contribution >= 0.6 is 0 Å². The van der Waals surface area contributed by atoms with Crippen LogP contribution in [-0.4, -0.2) is 17.7 Å². The van der Waals surface area contributed by atoms with Gasteiger partial charge >= 0.3 is 0 Å².